The molecule has 1 aliphatic carbocycles. The molecule has 1 unspecified atom stereocenters. The molecule has 2 aromatic carbocycles. The Morgan fingerprint density at radius 1 is 0.947 bits per heavy atom. The number of benzene rings is 2. The lowest BCUT2D eigenvalue weighted by atomic mass is 9.97. The molecule has 0 aliphatic heterocycles. The minimum atomic E-state index is 0.542. The number of halogens is 1. The molecule has 1 atom stereocenters. The molecule has 0 fully saturated rings. The number of aryl methyl sites for hydroxylation is 1. The summed E-state index contributed by atoms with van der Waals surface area (Å²) >= 11 is 3.86. The van der Waals surface area contributed by atoms with Gasteiger partial charge in [0.1, 0.15) is 0 Å². The first-order valence-electron chi connectivity index (χ1n) is 7.12. The molecule has 0 aromatic heterocycles. The highest BCUT2D eigenvalue weighted by Gasteiger charge is 2.16. The quantitative estimate of drug-likeness (QED) is 0.511. The summed E-state index contributed by atoms with van der Waals surface area (Å²) in [5, 5.41) is 0. The Kier molecular flexibility index (Phi) is 4.03. The average molecular weight is 315 g/mol. The predicted molar refractivity (Wildman–Crippen MR) is 84.9 cm³/mol. The molecular weight excluding hydrogens is 296 g/mol. The second-order valence-corrected chi connectivity index (χ2v) is 6.51. The van der Waals surface area contributed by atoms with Crippen LogP contribution in [0, 0.1) is 0 Å². The first-order chi connectivity index (χ1) is 9.33. The molecule has 0 radical (unpaired) electrons. The molecule has 0 bridgehead atoms. The van der Waals surface area contributed by atoms with Crippen molar-refractivity contribution in [3.63, 3.8) is 0 Å². The molecule has 3 rings (SSSR count). The predicted octanol–water partition coefficient (Wildman–Crippen LogP) is 5.44. The lowest BCUT2D eigenvalue weighted by Crippen LogP contribution is -1.96. The van der Waals surface area contributed by atoms with E-state index in [-0.39, 0.29) is 0 Å². The number of fused-ring (bicyclic) bond motifs is 1. The fourth-order valence-electron chi connectivity index (χ4n) is 2.90. The Morgan fingerprint density at radius 3 is 2.63 bits per heavy atom. The largest absolute Gasteiger partial charge is 0.0839 e. The molecule has 0 N–H and O–H groups in total. The van der Waals surface area contributed by atoms with Crippen molar-refractivity contribution in [1.29, 1.82) is 0 Å². The Morgan fingerprint density at radius 2 is 1.79 bits per heavy atom. The van der Waals surface area contributed by atoms with E-state index in [1.165, 1.54) is 47.9 Å². The lowest BCUT2D eigenvalue weighted by Gasteiger charge is -2.13. The fraction of sp³-hybridized carbons (Fsp3) is 0.333. The van der Waals surface area contributed by atoms with Gasteiger partial charge in [-0.25, -0.2) is 0 Å². The van der Waals surface area contributed by atoms with Gasteiger partial charge in [0.2, 0.25) is 0 Å². The van der Waals surface area contributed by atoms with Crippen molar-refractivity contribution >= 4 is 15.9 Å². The van der Waals surface area contributed by atoms with E-state index in [0.717, 1.165) is 6.42 Å². The van der Waals surface area contributed by atoms with Gasteiger partial charge < -0.3 is 0 Å². The molecule has 0 heterocycles. The molecule has 98 valence electrons. The molecule has 0 amide bonds. The van der Waals surface area contributed by atoms with Crippen LogP contribution in [0.5, 0.6) is 0 Å². The first-order valence-corrected chi connectivity index (χ1v) is 8.04. The molecule has 1 heteroatoms. The van der Waals surface area contributed by atoms with Crippen LogP contribution in [0.3, 0.4) is 0 Å². The Labute approximate surface area is 124 Å². The van der Waals surface area contributed by atoms with Gasteiger partial charge in [0, 0.05) is 4.83 Å². The number of hydrogen-bond acceptors (Lipinski definition) is 0. The Bertz CT molecular complexity index is 545. The van der Waals surface area contributed by atoms with Crippen LogP contribution in [0.15, 0.2) is 48.5 Å². The van der Waals surface area contributed by atoms with Crippen molar-refractivity contribution in [3.05, 3.63) is 70.8 Å². The topological polar surface area (TPSA) is 0 Å². The summed E-state index contributed by atoms with van der Waals surface area (Å²) in [5.41, 5.74) is 5.88. The zero-order chi connectivity index (χ0) is 13.1. The van der Waals surface area contributed by atoms with Gasteiger partial charge in [0.05, 0.1) is 0 Å². The Hall–Kier alpha value is -1.08. The molecule has 1 aliphatic rings. The number of alkyl halides is 1. The van der Waals surface area contributed by atoms with Gasteiger partial charge in [-0.3, -0.25) is 0 Å². The minimum Gasteiger partial charge on any atom is -0.0839 e. The fourth-order valence-corrected chi connectivity index (χ4v) is 3.65. The maximum Gasteiger partial charge on any atom is 0.0398 e. The van der Waals surface area contributed by atoms with Crippen molar-refractivity contribution in [2.75, 3.05) is 0 Å². The normalized spacial score (nSPS) is 18.7. The van der Waals surface area contributed by atoms with Crippen molar-refractivity contribution < 1.29 is 0 Å². The lowest BCUT2D eigenvalue weighted by molar-refractivity contribution is 0.708. The van der Waals surface area contributed by atoms with E-state index in [4.69, 9.17) is 0 Å². The van der Waals surface area contributed by atoms with Crippen molar-refractivity contribution in [2.45, 2.75) is 36.9 Å². The van der Waals surface area contributed by atoms with Crippen molar-refractivity contribution in [3.8, 4) is 0 Å². The molecule has 0 saturated carbocycles. The summed E-state index contributed by atoms with van der Waals surface area (Å²) < 4.78 is 0. The second-order valence-electron chi connectivity index (χ2n) is 5.41. The molecule has 0 spiro atoms. The minimum absolute atomic E-state index is 0.542. The summed E-state index contributed by atoms with van der Waals surface area (Å²) in [4.78, 5) is 0.542. The third kappa shape index (κ3) is 3.09. The van der Waals surface area contributed by atoms with Crippen LogP contribution in [0.2, 0.25) is 0 Å². The highest BCUT2D eigenvalue weighted by molar-refractivity contribution is 9.09. The number of rotatable bonds is 2. The standard InChI is InChI=1S/C18H19Br/c19-18-9-5-4-8-16-11-10-15(13-17(16)18)12-14-6-2-1-3-7-14/h1-3,6-7,10-11,13,18H,4-5,8-9,12H2. The third-order valence-electron chi connectivity index (χ3n) is 3.95. The first kappa shape index (κ1) is 12.9. The summed E-state index contributed by atoms with van der Waals surface area (Å²) in [7, 11) is 0. The summed E-state index contributed by atoms with van der Waals surface area (Å²) in [6, 6.07) is 17.8. The van der Waals surface area contributed by atoms with Gasteiger partial charge in [-0.1, -0.05) is 70.9 Å². The summed E-state index contributed by atoms with van der Waals surface area (Å²) in [6.45, 7) is 0. The maximum atomic E-state index is 3.86. The van der Waals surface area contributed by atoms with Gasteiger partial charge in [-0.15, -0.1) is 0 Å². The van der Waals surface area contributed by atoms with Gasteiger partial charge >= 0.3 is 0 Å². The molecule has 19 heavy (non-hydrogen) atoms. The second kappa shape index (κ2) is 5.92. The molecule has 0 nitrogen and oxygen atoms in total. The van der Waals surface area contributed by atoms with Crippen molar-refractivity contribution in [2.24, 2.45) is 0 Å². The van der Waals surface area contributed by atoms with E-state index in [1.54, 1.807) is 0 Å². The molecular formula is C18H19Br. The van der Waals surface area contributed by atoms with Crippen LogP contribution < -0.4 is 0 Å². The average Bonchev–Trinajstić information content (AvgIpc) is 2.62. The highest BCUT2D eigenvalue weighted by Crippen LogP contribution is 2.35. The Balaban J connectivity index is 1.88. The molecule has 2 aromatic rings. The monoisotopic (exact) mass is 314 g/mol. The third-order valence-corrected chi connectivity index (χ3v) is 4.90. The van der Waals surface area contributed by atoms with Gasteiger partial charge in [-0.05, 0) is 47.9 Å². The smallest absolute Gasteiger partial charge is 0.0398 e. The van der Waals surface area contributed by atoms with Crippen LogP contribution in [-0.2, 0) is 12.8 Å². The van der Waals surface area contributed by atoms with E-state index in [2.05, 4.69) is 64.5 Å². The van der Waals surface area contributed by atoms with Crippen LogP contribution in [0.25, 0.3) is 0 Å². The van der Waals surface area contributed by atoms with E-state index in [0.29, 0.717) is 4.83 Å². The van der Waals surface area contributed by atoms with Crippen LogP contribution in [-0.4, -0.2) is 0 Å². The van der Waals surface area contributed by atoms with E-state index in [1.807, 2.05) is 0 Å². The van der Waals surface area contributed by atoms with Gasteiger partial charge in [0.15, 0.2) is 0 Å². The van der Waals surface area contributed by atoms with Gasteiger partial charge in [0.25, 0.3) is 0 Å². The van der Waals surface area contributed by atoms with Crippen LogP contribution in [0.4, 0.5) is 0 Å². The van der Waals surface area contributed by atoms with Crippen LogP contribution >= 0.6 is 15.9 Å². The van der Waals surface area contributed by atoms with E-state index < -0.39 is 0 Å². The van der Waals surface area contributed by atoms with E-state index in [9.17, 15) is 0 Å². The maximum absolute atomic E-state index is 3.86. The molecule has 0 saturated heterocycles. The van der Waals surface area contributed by atoms with Gasteiger partial charge in [-0.2, -0.15) is 0 Å². The highest BCUT2D eigenvalue weighted by atomic mass is 79.9. The zero-order valence-electron chi connectivity index (χ0n) is 11.1. The summed E-state index contributed by atoms with van der Waals surface area (Å²) in [6.07, 6.45) is 6.20. The van der Waals surface area contributed by atoms with Crippen LogP contribution in [0.1, 0.15) is 46.3 Å². The summed E-state index contributed by atoms with van der Waals surface area (Å²) in [5.74, 6) is 0. The zero-order valence-corrected chi connectivity index (χ0v) is 12.7. The van der Waals surface area contributed by atoms with Crippen molar-refractivity contribution in [1.82, 2.24) is 0 Å². The number of hydrogen-bond donors (Lipinski definition) is 0. The van der Waals surface area contributed by atoms with E-state index >= 15 is 0 Å². The SMILES string of the molecule is BrC1CCCCc2ccc(Cc3ccccc3)cc21.